The summed E-state index contributed by atoms with van der Waals surface area (Å²) in [4.78, 5) is 24.6. The third-order valence-electron chi connectivity index (χ3n) is 4.62. The second-order valence-electron chi connectivity index (χ2n) is 6.26. The quantitative estimate of drug-likeness (QED) is 0.837. The number of hydrogen-bond donors (Lipinski definition) is 1. The smallest absolute Gasteiger partial charge is 0.341 e. The van der Waals surface area contributed by atoms with Crippen LogP contribution in [0.25, 0.3) is 0 Å². The van der Waals surface area contributed by atoms with Gasteiger partial charge in [-0.2, -0.15) is 0 Å². The average molecular weight is 335 g/mol. The molecule has 1 saturated carbocycles. The normalized spacial score (nSPS) is 23.4. The monoisotopic (exact) mass is 335 g/mol. The van der Waals surface area contributed by atoms with Crippen molar-refractivity contribution in [1.82, 2.24) is 0 Å². The van der Waals surface area contributed by atoms with Crippen molar-refractivity contribution in [1.29, 1.82) is 0 Å². The van der Waals surface area contributed by atoms with E-state index in [1.54, 1.807) is 25.3 Å². The number of ether oxygens (including phenoxy) is 3. The van der Waals surface area contributed by atoms with Gasteiger partial charge in [0.05, 0.1) is 14.2 Å². The van der Waals surface area contributed by atoms with Crippen LogP contribution in [0.5, 0.6) is 5.75 Å². The number of carbonyl (C=O) groups excluding carboxylic acids is 2. The number of benzene rings is 1. The van der Waals surface area contributed by atoms with Gasteiger partial charge in [0.15, 0.2) is 0 Å². The van der Waals surface area contributed by atoms with Gasteiger partial charge in [0, 0.05) is 12.8 Å². The number of anilines is 1. The molecule has 1 N–H and O–H groups in total. The molecule has 132 valence electrons. The summed E-state index contributed by atoms with van der Waals surface area (Å²) in [5.74, 6) is 0.131. The van der Waals surface area contributed by atoms with Crippen LogP contribution in [0.2, 0.25) is 0 Å². The van der Waals surface area contributed by atoms with Crippen LogP contribution in [0.1, 0.15) is 43.0 Å². The van der Waals surface area contributed by atoms with Crippen LogP contribution in [0.3, 0.4) is 0 Å². The van der Waals surface area contributed by atoms with Gasteiger partial charge in [-0.05, 0) is 43.4 Å². The van der Waals surface area contributed by atoms with Crippen LogP contribution >= 0.6 is 0 Å². The average Bonchev–Trinajstić information content (AvgIpc) is 2.60. The molecule has 1 fully saturated rings. The molecule has 0 aliphatic heterocycles. The highest BCUT2D eigenvalue weighted by Crippen LogP contribution is 2.36. The Morgan fingerprint density at radius 2 is 2.00 bits per heavy atom. The molecule has 1 amide bonds. The largest absolute Gasteiger partial charge is 0.496 e. The lowest BCUT2D eigenvalue weighted by atomic mass is 9.78. The van der Waals surface area contributed by atoms with Gasteiger partial charge in [0.25, 0.3) is 5.91 Å². The molecule has 6 nitrogen and oxygen atoms in total. The molecule has 2 rings (SSSR count). The molecule has 24 heavy (non-hydrogen) atoms. The standard InChI is InChI=1S/C18H25NO5/c1-12-6-5-9-18(11-12,24-4)17(21)19-13-7-8-15(22-2)14(10-13)16(20)23-3/h7-8,10,12H,5-6,9,11H2,1-4H3,(H,19,21)/t12-,18-/m0/s1. The molecule has 1 aliphatic carbocycles. The Bertz CT molecular complexity index is 615. The minimum absolute atomic E-state index is 0.183. The van der Waals surface area contributed by atoms with E-state index in [0.717, 1.165) is 12.8 Å². The van der Waals surface area contributed by atoms with Crippen molar-refractivity contribution < 1.29 is 23.8 Å². The van der Waals surface area contributed by atoms with Crippen molar-refractivity contribution in [2.45, 2.75) is 38.2 Å². The molecule has 0 spiro atoms. The van der Waals surface area contributed by atoms with Crippen molar-refractivity contribution in [3.63, 3.8) is 0 Å². The zero-order valence-electron chi connectivity index (χ0n) is 14.7. The second kappa shape index (κ2) is 7.66. The third kappa shape index (κ3) is 3.70. The number of methoxy groups -OCH3 is 3. The van der Waals surface area contributed by atoms with E-state index < -0.39 is 11.6 Å². The summed E-state index contributed by atoms with van der Waals surface area (Å²) in [7, 11) is 4.35. The van der Waals surface area contributed by atoms with E-state index in [4.69, 9.17) is 14.2 Å². The van der Waals surface area contributed by atoms with E-state index in [-0.39, 0.29) is 11.5 Å². The van der Waals surface area contributed by atoms with Crippen LogP contribution in [0.4, 0.5) is 5.69 Å². The molecular weight excluding hydrogens is 310 g/mol. The van der Waals surface area contributed by atoms with Gasteiger partial charge in [-0.1, -0.05) is 13.3 Å². The lowest BCUT2D eigenvalue weighted by molar-refractivity contribution is -0.143. The van der Waals surface area contributed by atoms with Gasteiger partial charge in [-0.25, -0.2) is 4.79 Å². The van der Waals surface area contributed by atoms with Crippen molar-refractivity contribution in [2.24, 2.45) is 5.92 Å². The fourth-order valence-corrected chi connectivity index (χ4v) is 3.29. The molecule has 1 aromatic carbocycles. The fourth-order valence-electron chi connectivity index (χ4n) is 3.29. The summed E-state index contributed by atoms with van der Waals surface area (Å²) in [5, 5.41) is 2.87. The van der Waals surface area contributed by atoms with E-state index in [9.17, 15) is 9.59 Å². The van der Waals surface area contributed by atoms with Crippen molar-refractivity contribution in [3.8, 4) is 5.75 Å². The molecular formula is C18H25NO5. The molecule has 0 aromatic heterocycles. The van der Waals surface area contributed by atoms with E-state index in [0.29, 0.717) is 30.2 Å². The van der Waals surface area contributed by atoms with Gasteiger partial charge in [-0.15, -0.1) is 0 Å². The Balaban J connectivity index is 2.23. The van der Waals surface area contributed by atoms with Crippen LogP contribution in [0.15, 0.2) is 18.2 Å². The molecule has 0 radical (unpaired) electrons. The fraction of sp³-hybridized carbons (Fsp3) is 0.556. The number of esters is 1. The van der Waals surface area contributed by atoms with Crippen LogP contribution in [-0.4, -0.2) is 38.8 Å². The van der Waals surface area contributed by atoms with E-state index >= 15 is 0 Å². The Kier molecular flexibility index (Phi) is 5.83. The van der Waals surface area contributed by atoms with Crippen molar-refractivity contribution >= 4 is 17.6 Å². The number of nitrogens with one attached hydrogen (secondary N) is 1. The van der Waals surface area contributed by atoms with Crippen molar-refractivity contribution in [3.05, 3.63) is 23.8 Å². The Morgan fingerprint density at radius 3 is 2.58 bits per heavy atom. The number of amides is 1. The molecule has 1 aliphatic rings. The summed E-state index contributed by atoms with van der Waals surface area (Å²) in [6.45, 7) is 2.13. The van der Waals surface area contributed by atoms with Gasteiger partial charge in [0.2, 0.25) is 0 Å². The van der Waals surface area contributed by atoms with E-state index in [1.807, 2.05) is 0 Å². The van der Waals surface area contributed by atoms with Crippen LogP contribution < -0.4 is 10.1 Å². The van der Waals surface area contributed by atoms with E-state index in [2.05, 4.69) is 12.2 Å². The topological polar surface area (TPSA) is 73.9 Å². The van der Waals surface area contributed by atoms with Crippen LogP contribution in [-0.2, 0) is 14.3 Å². The molecule has 0 unspecified atom stereocenters. The first-order valence-corrected chi connectivity index (χ1v) is 8.08. The predicted octanol–water partition coefficient (Wildman–Crippen LogP) is 3.02. The maximum atomic E-state index is 12.8. The van der Waals surface area contributed by atoms with Crippen molar-refractivity contribution in [2.75, 3.05) is 26.6 Å². The highest BCUT2D eigenvalue weighted by Gasteiger charge is 2.42. The maximum absolute atomic E-state index is 12.8. The first-order valence-electron chi connectivity index (χ1n) is 8.08. The van der Waals surface area contributed by atoms with E-state index in [1.165, 1.54) is 14.2 Å². The zero-order valence-corrected chi connectivity index (χ0v) is 14.7. The SMILES string of the molecule is COC(=O)c1cc(NC(=O)[C@]2(OC)CCC[C@H](C)C2)ccc1OC. The summed E-state index contributed by atoms with van der Waals surface area (Å²) in [6, 6.07) is 4.88. The molecule has 0 heterocycles. The zero-order chi connectivity index (χ0) is 17.7. The summed E-state index contributed by atoms with van der Waals surface area (Å²) < 4.78 is 15.5. The number of carbonyl (C=O) groups is 2. The number of hydrogen-bond acceptors (Lipinski definition) is 5. The van der Waals surface area contributed by atoms with Gasteiger partial charge < -0.3 is 19.5 Å². The predicted molar refractivity (Wildman–Crippen MR) is 90.3 cm³/mol. The highest BCUT2D eigenvalue weighted by atomic mass is 16.5. The summed E-state index contributed by atoms with van der Waals surface area (Å²) in [6.07, 6.45) is 3.45. The van der Waals surface area contributed by atoms with Gasteiger partial charge in [0.1, 0.15) is 16.9 Å². The third-order valence-corrected chi connectivity index (χ3v) is 4.62. The van der Waals surface area contributed by atoms with Crippen LogP contribution in [0, 0.1) is 5.92 Å². The first kappa shape index (κ1) is 18.3. The highest BCUT2D eigenvalue weighted by molar-refractivity contribution is 5.99. The minimum atomic E-state index is -0.816. The van der Waals surface area contributed by atoms with Gasteiger partial charge >= 0.3 is 5.97 Å². The molecule has 1 aromatic rings. The molecule has 0 bridgehead atoms. The second-order valence-corrected chi connectivity index (χ2v) is 6.26. The molecule has 2 atom stereocenters. The molecule has 0 saturated heterocycles. The summed E-state index contributed by atoms with van der Waals surface area (Å²) >= 11 is 0. The Labute approximate surface area is 142 Å². The number of rotatable bonds is 5. The lowest BCUT2D eigenvalue weighted by Crippen LogP contribution is -2.47. The minimum Gasteiger partial charge on any atom is -0.496 e. The Hall–Kier alpha value is -2.08. The lowest BCUT2D eigenvalue weighted by Gasteiger charge is -2.37. The van der Waals surface area contributed by atoms with Gasteiger partial charge in [-0.3, -0.25) is 4.79 Å². The summed E-state index contributed by atoms with van der Waals surface area (Å²) in [5.41, 5.74) is -0.0413. The Morgan fingerprint density at radius 1 is 1.25 bits per heavy atom. The molecule has 6 heteroatoms. The first-order chi connectivity index (χ1) is 11.5. The maximum Gasteiger partial charge on any atom is 0.341 e.